The minimum Gasteiger partial charge on any atom is -0.399 e. The second kappa shape index (κ2) is 6.30. The van der Waals surface area contributed by atoms with Crippen LogP contribution in [-0.2, 0) is 0 Å². The smallest absolute Gasteiger partial charge is 0.0360 e. The summed E-state index contributed by atoms with van der Waals surface area (Å²) in [4.78, 5) is 0. The average Bonchev–Trinajstić information content (AvgIpc) is 2.18. The van der Waals surface area contributed by atoms with E-state index in [1.807, 2.05) is 18.2 Å². The minimum absolute atomic E-state index is 0.823. The summed E-state index contributed by atoms with van der Waals surface area (Å²) in [6.45, 7) is 3.27. The molecule has 0 heterocycles. The number of anilines is 2. The second-order valence-corrected chi connectivity index (χ2v) is 3.61. The molecule has 2 nitrogen and oxygen atoms in total. The Morgan fingerprint density at radius 1 is 1.21 bits per heavy atom. The number of nitrogens with two attached hydrogens (primary N) is 1. The first-order chi connectivity index (χ1) is 6.83. The largest absolute Gasteiger partial charge is 0.399 e. The van der Waals surface area contributed by atoms with Gasteiger partial charge in [0.15, 0.2) is 0 Å². The zero-order chi connectivity index (χ0) is 10.2. The third-order valence-corrected chi connectivity index (χ3v) is 2.25. The predicted octanol–water partition coefficient (Wildman–Crippen LogP) is 3.26. The Labute approximate surface area is 86.5 Å². The van der Waals surface area contributed by atoms with Crippen LogP contribution in [0.25, 0.3) is 0 Å². The third-order valence-electron chi connectivity index (χ3n) is 2.25. The van der Waals surface area contributed by atoms with E-state index in [1.165, 1.54) is 25.7 Å². The van der Waals surface area contributed by atoms with Crippen molar-refractivity contribution in [2.45, 2.75) is 32.6 Å². The van der Waals surface area contributed by atoms with E-state index >= 15 is 0 Å². The molecule has 3 N–H and O–H groups in total. The molecule has 0 spiro atoms. The van der Waals surface area contributed by atoms with Crippen molar-refractivity contribution in [1.29, 1.82) is 0 Å². The molecule has 0 aliphatic heterocycles. The van der Waals surface area contributed by atoms with E-state index in [4.69, 9.17) is 5.73 Å². The highest BCUT2D eigenvalue weighted by molar-refractivity contribution is 5.53. The third kappa shape index (κ3) is 4.17. The highest BCUT2D eigenvalue weighted by Gasteiger charge is 1.91. The van der Waals surface area contributed by atoms with E-state index in [0.717, 1.165) is 17.9 Å². The van der Waals surface area contributed by atoms with Crippen molar-refractivity contribution >= 4 is 11.4 Å². The molecule has 0 amide bonds. The fourth-order valence-corrected chi connectivity index (χ4v) is 1.43. The van der Waals surface area contributed by atoms with Crippen molar-refractivity contribution in [3.05, 3.63) is 24.3 Å². The summed E-state index contributed by atoms with van der Waals surface area (Å²) in [5, 5.41) is 3.36. The molecule has 1 aromatic carbocycles. The lowest BCUT2D eigenvalue weighted by molar-refractivity contribution is 0.685. The van der Waals surface area contributed by atoms with E-state index in [1.54, 1.807) is 0 Å². The fraction of sp³-hybridized carbons (Fsp3) is 0.500. The second-order valence-electron chi connectivity index (χ2n) is 3.61. The van der Waals surface area contributed by atoms with Crippen molar-refractivity contribution in [3.63, 3.8) is 0 Å². The first-order valence-electron chi connectivity index (χ1n) is 5.42. The molecule has 0 aromatic heterocycles. The number of hydrogen-bond acceptors (Lipinski definition) is 2. The maximum Gasteiger partial charge on any atom is 0.0360 e. The van der Waals surface area contributed by atoms with E-state index in [0.29, 0.717) is 0 Å². The standard InChI is InChI=1S/C12H20N2/c1-2-3-4-5-9-14-12-8-6-7-11(13)10-12/h6-8,10,14H,2-5,9,13H2,1H3. The first kappa shape index (κ1) is 10.9. The van der Waals surface area contributed by atoms with Crippen LogP contribution in [0.15, 0.2) is 24.3 Å². The predicted molar refractivity (Wildman–Crippen MR) is 63.5 cm³/mol. The van der Waals surface area contributed by atoms with Gasteiger partial charge in [0.2, 0.25) is 0 Å². The lowest BCUT2D eigenvalue weighted by Crippen LogP contribution is -2.01. The molecular weight excluding hydrogens is 172 g/mol. The van der Waals surface area contributed by atoms with E-state index in [-0.39, 0.29) is 0 Å². The van der Waals surface area contributed by atoms with E-state index in [9.17, 15) is 0 Å². The molecular formula is C12H20N2. The lowest BCUT2D eigenvalue weighted by Gasteiger charge is -2.06. The van der Waals surface area contributed by atoms with Gasteiger partial charge in [-0.2, -0.15) is 0 Å². The van der Waals surface area contributed by atoms with Gasteiger partial charge in [-0.1, -0.05) is 32.3 Å². The van der Waals surface area contributed by atoms with Crippen LogP contribution in [0, 0.1) is 0 Å². The maximum atomic E-state index is 5.67. The highest BCUT2D eigenvalue weighted by atomic mass is 14.9. The normalized spacial score (nSPS) is 10.1. The van der Waals surface area contributed by atoms with Gasteiger partial charge in [-0.05, 0) is 24.6 Å². The van der Waals surface area contributed by atoms with Crippen molar-refractivity contribution in [3.8, 4) is 0 Å². The summed E-state index contributed by atoms with van der Waals surface area (Å²) in [6.07, 6.45) is 5.17. The Hall–Kier alpha value is -1.18. The van der Waals surface area contributed by atoms with Crippen LogP contribution in [0.1, 0.15) is 32.6 Å². The van der Waals surface area contributed by atoms with Crippen LogP contribution in [0.3, 0.4) is 0 Å². The molecule has 0 radical (unpaired) electrons. The van der Waals surface area contributed by atoms with Gasteiger partial charge in [0, 0.05) is 17.9 Å². The Kier molecular flexibility index (Phi) is 4.90. The Morgan fingerprint density at radius 2 is 2.07 bits per heavy atom. The Morgan fingerprint density at radius 3 is 2.79 bits per heavy atom. The summed E-state index contributed by atoms with van der Waals surface area (Å²) >= 11 is 0. The van der Waals surface area contributed by atoms with Gasteiger partial charge in [0.25, 0.3) is 0 Å². The van der Waals surface area contributed by atoms with Crippen LogP contribution >= 0.6 is 0 Å². The van der Waals surface area contributed by atoms with Gasteiger partial charge in [-0.25, -0.2) is 0 Å². The van der Waals surface area contributed by atoms with E-state index < -0.39 is 0 Å². The molecule has 0 saturated carbocycles. The number of nitrogen functional groups attached to an aromatic ring is 1. The molecule has 0 saturated heterocycles. The van der Waals surface area contributed by atoms with Gasteiger partial charge in [0.1, 0.15) is 0 Å². The minimum atomic E-state index is 0.823. The van der Waals surface area contributed by atoms with Gasteiger partial charge < -0.3 is 11.1 Å². The monoisotopic (exact) mass is 192 g/mol. The highest BCUT2D eigenvalue weighted by Crippen LogP contribution is 2.11. The molecule has 0 fully saturated rings. The van der Waals surface area contributed by atoms with Crippen LogP contribution in [0.4, 0.5) is 11.4 Å². The summed E-state index contributed by atoms with van der Waals surface area (Å²) in [5.74, 6) is 0. The molecule has 1 aromatic rings. The molecule has 0 aliphatic rings. The number of nitrogens with one attached hydrogen (secondary N) is 1. The number of unbranched alkanes of at least 4 members (excludes halogenated alkanes) is 3. The summed E-state index contributed by atoms with van der Waals surface area (Å²) < 4.78 is 0. The van der Waals surface area contributed by atoms with Gasteiger partial charge in [0.05, 0.1) is 0 Å². The fourth-order valence-electron chi connectivity index (χ4n) is 1.43. The van der Waals surface area contributed by atoms with E-state index in [2.05, 4.69) is 18.3 Å². The van der Waals surface area contributed by atoms with Crippen LogP contribution < -0.4 is 11.1 Å². The van der Waals surface area contributed by atoms with Crippen molar-refractivity contribution in [2.24, 2.45) is 0 Å². The van der Waals surface area contributed by atoms with Crippen molar-refractivity contribution in [1.82, 2.24) is 0 Å². The topological polar surface area (TPSA) is 38.0 Å². The maximum absolute atomic E-state index is 5.67. The zero-order valence-corrected chi connectivity index (χ0v) is 8.92. The zero-order valence-electron chi connectivity index (χ0n) is 8.92. The van der Waals surface area contributed by atoms with Gasteiger partial charge >= 0.3 is 0 Å². The van der Waals surface area contributed by atoms with Gasteiger partial charge in [-0.15, -0.1) is 0 Å². The number of benzene rings is 1. The molecule has 0 atom stereocenters. The number of hydrogen-bond donors (Lipinski definition) is 2. The number of rotatable bonds is 6. The van der Waals surface area contributed by atoms with Crippen molar-refractivity contribution in [2.75, 3.05) is 17.6 Å². The Bertz CT molecular complexity index is 258. The molecule has 1 rings (SSSR count). The van der Waals surface area contributed by atoms with Crippen LogP contribution in [-0.4, -0.2) is 6.54 Å². The molecule has 78 valence electrons. The summed E-state index contributed by atoms with van der Waals surface area (Å²) in [7, 11) is 0. The quantitative estimate of drug-likeness (QED) is 0.536. The molecule has 0 unspecified atom stereocenters. The van der Waals surface area contributed by atoms with Crippen LogP contribution in [0.2, 0.25) is 0 Å². The summed E-state index contributed by atoms with van der Waals surface area (Å²) in [5.41, 5.74) is 7.62. The summed E-state index contributed by atoms with van der Waals surface area (Å²) in [6, 6.07) is 7.90. The first-order valence-corrected chi connectivity index (χ1v) is 5.42. The SMILES string of the molecule is CCCCCCNc1cccc(N)c1. The molecule has 0 bridgehead atoms. The lowest BCUT2D eigenvalue weighted by atomic mass is 10.2. The van der Waals surface area contributed by atoms with Gasteiger partial charge in [-0.3, -0.25) is 0 Å². The van der Waals surface area contributed by atoms with Crippen LogP contribution in [0.5, 0.6) is 0 Å². The Balaban J connectivity index is 2.18. The van der Waals surface area contributed by atoms with Crippen molar-refractivity contribution < 1.29 is 0 Å². The molecule has 0 aliphatic carbocycles. The molecule has 2 heteroatoms. The average molecular weight is 192 g/mol. The molecule has 14 heavy (non-hydrogen) atoms.